The van der Waals surface area contributed by atoms with Crippen molar-refractivity contribution in [1.29, 1.82) is 0 Å². The monoisotopic (exact) mass is 243 g/mol. The standard InChI is InChI=1S/C11H14ClNO3/c1-2-16-11-8-9(4-3-7-12)5-6-10(11)13(14)15/h5-6,8H,2-4,7H2,1H3. The van der Waals surface area contributed by atoms with Crippen LogP contribution in [-0.2, 0) is 6.42 Å². The lowest BCUT2D eigenvalue weighted by Gasteiger charge is -2.06. The maximum absolute atomic E-state index is 10.7. The molecule has 0 aliphatic carbocycles. The van der Waals surface area contributed by atoms with Gasteiger partial charge in [-0.3, -0.25) is 10.1 Å². The Morgan fingerprint density at radius 1 is 1.50 bits per heavy atom. The van der Waals surface area contributed by atoms with Crippen LogP contribution in [0, 0.1) is 10.1 Å². The second kappa shape index (κ2) is 6.33. The predicted molar refractivity (Wildman–Crippen MR) is 63.3 cm³/mol. The van der Waals surface area contributed by atoms with E-state index in [9.17, 15) is 10.1 Å². The van der Waals surface area contributed by atoms with Crippen molar-refractivity contribution in [3.63, 3.8) is 0 Å². The minimum Gasteiger partial charge on any atom is -0.487 e. The number of halogens is 1. The van der Waals surface area contributed by atoms with Crippen LogP contribution in [0.5, 0.6) is 5.75 Å². The zero-order valence-electron chi connectivity index (χ0n) is 9.11. The molecule has 0 bridgehead atoms. The van der Waals surface area contributed by atoms with Gasteiger partial charge in [-0.15, -0.1) is 11.6 Å². The smallest absolute Gasteiger partial charge is 0.310 e. The van der Waals surface area contributed by atoms with Gasteiger partial charge >= 0.3 is 5.69 Å². The molecule has 5 heteroatoms. The molecule has 1 aromatic carbocycles. The van der Waals surface area contributed by atoms with E-state index in [1.807, 2.05) is 0 Å². The molecule has 0 spiro atoms. The van der Waals surface area contributed by atoms with E-state index in [0.717, 1.165) is 18.4 Å². The van der Waals surface area contributed by atoms with Crippen LogP contribution < -0.4 is 4.74 Å². The van der Waals surface area contributed by atoms with Crippen molar-refractivity contribution in [3.8, 4) is 5.75 Å². The van der Waals surface area contributed by atoms with Gasteiger partial charge < -0.3 is 4.74 Å². The highest BCUT2D eigenvalue weighted by molar-refractivity contribution is 6.17. The normalized spacial score (nSPS) is 10.1. The number of hydrogen-bond donors (Lipinski definition) is 0. The topological polar surface area (TPSA) is 52.4 Å². The molecule has 0 radical (unpaired) electrons. The van der Waals surface area contributed by atoms with Crippen molar-refractivity contribution in [1.82, 2.24) is 0 Å². The second-order valence-corrected chi connectivity index (χ2v) is 3.66. The number of rotatable bonds is 6. The molecule has 0 saturated heterocycles. The highest BCUT2D eigenvalue weighted by Crippen LogP contribution is 2.28. The summed E-state index contributed by atoms with van der Waals surface area (Å²) in [4.78, 5) is 10.3. The van der Waals surface area contributed by atoms with Crippen LogP contribution in [0.15, 0.2) is 18.2 Å². The van der Waals surface area contributed by atoms with Crippen LogP contribution >= 0.6 is 11.6 Å². The Morgan fingerprint density at radius 3 is 2.81 bits per heavy atom. The zero-order chi connectivity index (χ0) is 12.0. The van der Waals surface area contributed by atoms with E-state index < -0.39 is 4.92 Å². The third-order valence-electron chi connectivity index (χ3n) is 2.12. The molecule has 0 aliphatic rings. The van der Waals surface area contributed by atoms with E-state index in [4.69, 9.17) is 16.3 Å². The number of alkyl halides is 1. The maximum atomic E-state index is 10.7. The Hall–Kier alpha value is -1.29. The first kappa shape index (κ1) is 12.8. The fraction of sp³-hybridized carbons (Fsp3) is 0.455. The van der Waals surface area contributed by atoms with Crippen LogP contribution in [0.1, 0.15) is 18.9 Å². The lowest BCUT2D eigenvalue weighted by atomic mass is 10.1. The SMILES string of the molecule is CCOc1cc(CCCCl)ccc1[N+](=O)[O-]. The van der Waals surface area contributed by atoms with Crippen LogP contribution in [-0.4, -0.2) is 17.4 Å². The summed E-state index contributed by atoms with van der Waals surface area (Å²) in [5.41, 5.74) is 1.02. The Morgan fingerprint density at radius 2 is 2.25 bits per heavy atom. The molecule has 88 valence electrons. The van der Waals surface area contributed by atoms with E-state index in [0.29, 0.717) is 18.2 Å². The first-order chi connectivity index (χ1) is 7.69. The molecule has 1 rings (SSSR count). The van der Waals surface area contributed by atoms with Gasteiger partial charge in [0.15, 0.2) is 5.75 Å². The van der Waals surface area contributed by atoms with E-state index in [1.165, 1.54) is 6.07 Å². The molecule has 0 atom stereocenters. The fourth-order valence-corrected chi connectivity index (χ4v) is 1.54. The predicted octanol–water partition coefficient (Wildman–Crippen LogP) is 3.16. The first-order valence-electron chi connectivity index (χ1n) is 5.15. The highest BCUT2D eigenvalue weighted by Gasteiger charge is 2.14. The Balaban J connectivity index is 2.92. The largest absolute Gasteiger partial charge is 0.487 e. The molecule has 0 fully saturated rings. The summed E-state index contributed by atoms with van der Waals surface area (Å²) >= 11 is 5.59. The third kappa shape index (κ3) is 3.38. The molecule has 0 aromatic heterocycles. The highest BCUT2D eigenvalue weighted by atomic mass is 35.5. The molecule has 0 amide bonds. The molecular formula is C11H14ClNO3. The number of nitrogens with zero attached hydrogens (tertiary/aromatic N) is 1. The molecule has 0 saturated carbocycles. The Bertz CT molecular complexity index is 368. The van der Waals surface area contributed by atoms with Crippen LogP contribution in [0.25, 0.3) is 0 Å². The number of benzene rings is 1. The molecule has 0 aliphatic heterocycles. The molecule has 0 N–H and O–H groups in total. The summed E-state index contributed by atoms with van der Waals surface area (Å²) in [6.07, 6.45) is 1.66. The third-order valence-corrected chi connectivity index (χ3v) is 2.39. The van der Waals surface area contributed by atoms with Crippen molar-refractivity contribution in [2.45, 2.75) is 19.8 Å². The molecule has 16 heavy (non-hydrogen) atoms. The summed E-state index contributed by atoms with van der Waals surface area (Å²) in [7, 11) is 0. The van der Waals surface area contributed by atoms with Gasteiger partial charge in [-0.2, -0.15) is 0 Å². The lowest BCUT2D eigenvalue weighted by Crippen LogP contribution is -1.98. The molecule has 0 heterocycles. The van der Waals surface area contributed by atoms with Crippen LogP contribution in [0.2, 0.25) is 0 Å². The Kier molecular flexibility index (Phi) is 5.05. The van der Waals surface area contributed by atoms with Crippen molar-refractivity contribution < 1.29 is 9.66 Å². The quantitative estimate of drug-likeness (QED) is 0.438. The minimum atomic E-state index is -0.434. The number of hydrogen-bond acceptors (Lipinski definition) is 3. The number of nitro groups is 1. The molecule has 1 aromatic rings. The van der Waals surface area contributed by atoms with Gasteiger partial charge in [0, 0.05) is 11.9 Å². The molecular weight excluding hydrogens is 230 g/mol. The van der Waals surface area contributed by atoms with E-state index in [2.05, 4.69) is 0 Å². The van der Waals surface area contributed by atoms with Gasteiger partial charge in [0.25, 0.3) is 0 Å². The number of aryl methyl sites for hydroxylation is 1. The van der Waals surface area contributed by atoms with Gasteiger partial charge in [0.05, 0.1) is 11.5 Å². The fourth-order valence-electron chi connectivity index (χ4n) is 1.41. The van der Waals surface area contributed by atoms with Gasteiger partial charge in [-0.25, -0.2) is 0 Å². The first-order valence-corrected chi connectivity index (χ1v) is 5.68. The average molecular weight is 244 g/mol. The second-order valence-electron chi connectivity index (χ2n) is 3.28. The summed E-state index contributed by atoms with van der Waals surface area (Å²) in [6, 6.07) is 4.94. The van der Waals surface area contributed by atoms with Crippen molar-refractivity contribution in [2.24, 2.45) is 0 Å². The summed E-state index contributed by atoms with van der Waals surface area (Å²) in [6.45, 7) is 2.22. The average Bonchev–Trinajstić information content (AvgIpc) is 2.26. The summed E-state index contributed by atoms with van der Waals surface area (Å²) < 4.78 is 5.24. The van der Waals surface area contributed by atoms with Crippen molar-refractivity contribution >= 4 is 17.3 Å². The van der Waals surface area contributed by atoms with Crippen LogP contribution in [0.4, 0.5) is 5.69 Å². The maximum Gasteiger partial charge on any atom is 0.310 e. The minimum absolute atomic E-state index is 0.0106. The van der Waals surface area contributed by atoms with Gasteiger partial charge in [0.1, 0.15) is 0 Å². The van der Waals surface area contributed by atoms with Gasteiger partial charge in [-0.05, 0) is 31.4 Å². The molecule has 4 nitrogen and oxygen atoms in total. The number of ether oxygens (including phenoxy) is 1. The van der Waals surface area contributed by atoms with Gasteiger partial charge in [-0.1, -0.05) is 6.07 Å². The van der Waals surface area contributed by atoms with Crippen molar-refractivity contribution in [3.05, 3.63) is 33.9 Å². The van der Waals surface area contributed by atoms with Gasteiger partial charge in [0.2, 0.25) is 0 Å². The van der Waals surface area contributed by atoms with E-state index in [-0.39, 0.29) is 5.69 Å². The summed E-state index contributed by atoms with van der Waals surface area (Å²) in [5, 5.41) is 10.7. The lowest BCUT2D eigenvalue weighted by molar-refractivity contribution is -0.385. The van der Waals surface area contributed by atoms with E-state index >= 15 is 0 Å². The van der Waals surface area contributed by atoms with Crippen LogP contribution in [0.3, 0.4) is 0 Å². The number of nitro benzene ring substituents is 1. The van der Waals surface area contributed by atoms with E-state index in [1.54, 1.807) is 19.1 Å². The Labute approximate surface area is 99.3 Å². The molecule has 0 unspecified atom stereocenters. The van der Waals surface area contributed by atoms with Crippen molar-refractivity contribution in [2.75, 3.05) is 12.5 Å². The zero-order valence-corrected chi connectivity index (χ0v) is 9.87. The summed E-state index contributed by atoms with van der Waals surface area (Å²) in [5.74, 6) is 0.917.